The Labute approximate surface area is 148 Å². The normalized spacial score (nSPS) is 21.6. The maximum absolute atomic E-state index is 12.8. The van der Waals surface area contributed by atoms with Gasteiger partial charge in [0.15, 0.2) is 0 Å². The molecule has 6 nitrogen and oxygen atoms in total. The number of nitrogens with zero attached hydrogens (tertiary/aromatic N) is 3. The SMILES string of the molecule is N#Cc1cccc(OCCN2CCCC[C@@H]2C(=O)N2CCOCC2)c1. The van der Waals surface area contributed by atoms with Gasteiger partial charge in [-0.05, 0) is 37.6 Å². The molecule has 1 amide bonds. The van der Waals surface area contributed by atoms with E-state index in [-0.39, 0.29) is 11.9 Å². The van der Waals surface area contributed by atoms with Gasteiger partial charge >= 0.3 is 0 Å². The van der Waals surface area contributed by atoms with E-state index in [4.69, 9.17) is 14.7 Å². The second kappa shape index (κ2) is 8.84. The Morgan fingerprint density at radius 2 is 2.12 bits per heavy atom. The first-order valence-electron chi connectivity index (χ1n) is 9.01. The van der Waals surface area contributed by atoms with Crippen molar-refractivity contribution in [3.63, 3.8) is 0 Å². The number of piperidine rings is 1. The molecule has 2 saturated heterocycles. The van der Waals surface area contributed by atoms with Crippen molar-refractivity contribution in [3.8, 4) is 11.8 Å². The molecular formula is C19H25N3O3. The quantitative estimate of drug-likeness (QED) is 0.813. The number of nitriles is 1. The summed E-state index contributed by atoms with van der Waals surface area (Å²) in [5.41, 5.74) is 0.593. The Balaban J connectivity index is 1.53. The number of amides is 1. The first-order valence-corrected chi connectivity index (χ1v) is 9.01. The van der Waals surface area contributed by atoms with Gasteiger partial charge in [0.25, 0.3) is 0 Å². The molecule has 134 valence electrons. The van der Waals surface area contributed by atoms with E-state index >= 15 is 0 Å². The second-order valence-corrected chi connectivity index (χ2v) is 6.47. The van der Waals surface area contributed by atoms with Crippen LogP contribution < -0.4 is 4.74 Å². The van der Waals surface area contributed by atoms with Crippen LogP contribution in [0, 0.1) is 11.3 Å². The zero-order valence-corrected chi connectivity index (χ0v) is 14.5. The van der Waals surface area contributed by atoms with E-state index in [1.165, 1.54) is 0 Å². The summed E-state index contributed by atoms with van der Waals surface area (Å²) in [6, 6.07) is 9.25. The topological polar surface area (TPSA) is 65.8 Å². The van der Waals surface area contributed by atoms with Gasteiger partial charge in [0.1, 0.15) is 12.4 Å². The van der Waals surface area contributed by atoms with Crippen molar-refractivity contribution in [3.05, 3.63) is 29.8 Å². The fourth-order valence-corrected chi connectivity index (χ4v) is 3.47. The van der Waals surface area contributed by atoms with Crippen LogP contribution in [0.4, 0.5) is 0 Å². The molecule has 0 saturated carbocycles. The summed E-state index contributed by atoms with van der Waals surface area (Å²) >= 11 is 0. The van der Waals surface area contributed by atoms with Gasteiger partial charge in [0.05, 0.1) is 30.9 Å². The van der Waals surface area contributed by atoms with Gasteiger partial charge in [-0.3, -0.25) is 9.69 Å². The summed E-state index contributed by atoms with van der Waals surface area (Å²) in [6.07, 6.45) is 3.14. The highest BCUT2D eigenvalue weighted by Gasteiger charge is 2.32. The molecule has 0 aromatic heterocycles. The molecule has 1 atom stereocenters. The van der Waals surface area contributed by atoms with E-state index in [2.05, 4.69) is 11.0 Å². The number of carbonyl (C=O) groups excluding carboxylic acids is 1. The van der Waals surface area contributed by atoms with E-state index < -0.39 is 0 Å². The van der Waals surface area contributed by atoms with Gasteiger partial charge < -0.3 is 14.4 Å². The third kappa shape index (κ3) is 4.71. The molecule has 2 fully saturated rings. The lowest BCUT2D eigenvalue weighted by atomic mass is 10.0. The minimum absolute atomic E-state index is 0.0408. The van der Waals surface area contributed by atoms with Gasteiger partial charge in [0.2, 0.25) is 5.91 Å². The molecule has 3 rings (SSSR count). The Kier molecular flexibility index (Phi) is 6.26. The predicted octanol–water partition coefficient (Wildman–Crippen LogP) is 1.65. The Morgan fingerprint density at radius 1 is 1.28 bits per heavy atom. The molecular weight excluding hydrogens is 318 g/mol. The van der Waals surface area contributed by atoms with E-state index in [1.54, 1.807) is 12.1 Å². The molecule has 0 bridgehead atoms. The highest BCUT2D eigenvalue weighted by molar-refractivity contribution is 5.82. The van der Waals surface area contributed by atoms with Crippen molar-refractivity contribution in [1.29, 1.82) is 5.26 Å². The molecule has 0 radical (unpaired) electrons. The average Bonchev–Trinajstić information content (AvgIpc) is 2.69. The lowest BCUT2D eigenvalue weighted by Gasteiger charge is -2.38. The van der Waals surface area contributed by atoms with Crippen LogP contribution in [0.3, 0.4) is 0 Å². The van der Waals surface area contributed by atoms with Crippen LogP contribution in [0.1, 0.15) is 24.8 Å². The molecule has 0 N–H and O–H groups in total. The fourth-order valence-electron chi connectivity index (χ4n) is 3.47. The molecule has 6 heteroatoms. The number of hydrogen-bond acceptors (Lipinski definition) is 5. The predicted molar refractivity (Wildman–Crippen MR) is 93.3 cm³/mol. The van der Waals surface area contributed by atoms with Crippen LogP contribution in [0.15, 0.2) is 24.3 Å². The largest absolute Gasteiger partial charge is 0.492 e. The molecule has 1 aromatic carbocycles. The van der Waals surface area contributed by atoms with E-state index in [1.807, 2.05) is 17.0 Å². The third-order valence-electron chi connectivity index (χ3n) is 4.83. The van der Waals surface area contributed by atoms with Crippen molar-refractivity contribution < 1.29 is 14.3 Å². The van der Waals surface area contributed by atoms with Gasteiger partial charge in [-0.15, -0.1) is 0 Å². The number of likely N-dealkylation sites (tertiary alicyclic amines) is 1. The number of rotatable bonds is 5. The van der Waals surface area contributed by atoms with E-state index in [0.29, 0.717) is 44.2 Å². The van der Waals surface area contributed by atoms with Crippen molar-refractivity contribution in [1.82, 2.24) is 9.80 Å². The fraction of sp³-hybridized carbons (Fsp3) is 0.579. The summed E-state index contributed by atoms with van der Waals surface area (Å²) in [7, 11) is 0. The summed E-state index contributed by atoms with van der Waals surface area (Å²) in [6.45, 7) is 4.83. The summed E-state index contributed by atoms with van der Waals surface area (Å²) in [4.78, 5) is 17.0. The lowest BCUT2D eigenvalue weighted by molar-refractivity contribution is -0.142. The van der Waals surface area contributed by atoms with Crippen LogP contribution in [0.25, 0.3) is 0 Å². The smallest absolute Gasteiger partial charge is 0.240 e. The maximum Gasteiger partial charge on any atom is 0.240 e. The number of carbonyl (C=O) groups is 1. The van der Waals surface area contributed by atoms with Crippen molar-refractivity contribution in [2.75, 3.05) is 46.0 Å². The number of hydrogen-bond donors (Lipinski definition) is 0. The highest BCUT2D eigenvalue weighted by atomic mass is 16.5. The van der Waals surface area contributed by atoms with Gasteiger partial charge in [-0.2, -0.15) is 5.26 Å². The van der Waals surface area contributed by atoms with Crippen LogP contribution in [-0.4, -0.2) is 67.7 Å². The Bertz CT molecular complexity index is 623. The van der Waals surface area contributed by atoms with Crippen molar-refractivity contribution in [2.24, 2.45) is 0 Å². The van der Waals surface area contributed by atoms with Crippen LogP contribution >= 0.6 is 0 Å². The molecule has 2 aliphatic heterocycles. The molecule has 1 aromatic rings. The first-order chi connectivity index (χ1) is 12.3. The van der Waals surface area contributed by atoms with Gasteiger partial charge in [-0.1, -0.05) is 12.5 Å². The van der Waals surface area contributed by atoms with E-state index in [9.17, 15) is 4.79 Å². The standard InChI is InChI=1S/C19H25N3O3/c20-15-16-4-3-5-17(14-16)25-13-10-21-7-2-1-6-18(21)19(23)22-8-11-24-12-9-22/h3-5,14,18H,1-2,6-13H2/t18-/m1/s1. The number of benzene rings is 1. The average molecular weight is 343 g/mol. The summed E-state index contributed by atoms with van der Waals surface area (Å²) in [5.74, 6) is 0.932. The summed E-state index contributed by atoms with van der Waals surface area (Å²) < 4.78 is 11.1. The lowest BCUT2D eigenvalue weighted by Crippen LogP contribution is -2.54. The van der Waals surface area contributed by atoms with E-state index in [0.717, 1.165) is 32.4 Å². The van der Waals surface area contributed by atoms with Crippen LogP contribution in [0.5, 0.6) is 5.75 Å². The minimum Gasteiger partial charge on any atom is -0.492 e. The molecule has 2 aliphatic rings. The Morgan fingerprint density at radius 3 is 2.92 bits per heavy atom. The highest BCUT2D eigenvalue weighted by Crippen LogP contribution is 2.20. The second-order valence-electron chi connectivity index (χ2n) is 6.47. The minimum atomic E-state index is -0.0408. The zero-order chi connectivity index (χ0) is 17.5. The molecule has 25 heavy (non-hydrogen) atoms. The molecule has 0 unspecified atom stereocenters. The van der Waals surface area contributed by atoms with Crippen molar-refractivity contribution >= 4 is 5.91 Å². The monoisotopic (exact) mass is 343 g/mol. The zero-order valence-electron chi connectivity index (χ0n) is 14.5. The third-order valence-corrected chi connectivity index (χ3v) is 4.83. The Hall–Kier alpha value is -2.10. The molecule has 0 aliphatic carbocycles. The maximum atomic E-state index is 12.8. The number of ether oxygens (including phenoxy) is 2. The molecule has 2 heterocycles. The van der Waals surface area contributed by atoms with Gasteiger partial charge in [0, 0.05) is 19.6 Å². The molecule has 0 spiro atoms. The summed E-state index contributed by atoms with van der Waals surface area (Å²) in [5, 5.41) is 8.95. The van der Waals surface area contributed by atoms with Crippen LogP contribution in [-0.2, 0) is 9.53 Å². The first kappa shape index (κ1) is 17.7. The van der Waals surface area contributed by atoms with Crippen molar-refractivity contribution in [2.45, 2.75) is 25.3 Å². The van der Waals surface area contributed by atoms with Crippen LogP contribution in [0.2, 0.25) is 0 Å². The van der Waals surface area contributed by atoms with Gasteiger partial charge in [-0.25, -0.2) is 0 Å². The number of morpholine rings is 1.